The summed E-state index contributed by atoms with van der Waals surface area (Å²) in [7, 11) is -1.25. The van der Waals surface area contributed by atoms with Crippen molar-refractivity contribution >= 4 is 37.0 Å². The lowest BCUT2D eigenvalue weighted by Gasteiger charge is -2.41. The fourth-order valence-electron chi connectivity index (χ4n) is 6.71. The zero-order valence-corrected chi connectivity index (χ0v) is 32.7. The molecule has 5 heterocycles. The largest absolute Gasteiger partial charge is 0.444 e. The summed E-state index contributed by atoms with van der Waals surface area (Å²) in [5.41, 5.74) is 3.06. The zero-order chi connectivity index (χ0) is 37.1. The van der Waals surface area contributed by atoms with E-state index in [1.165, 1.54) is 0 Å². The average molecular weight is 731 g/mol. The van der Waals surface area contributed by atoms with Gasteiger partial charge in [-0.1, -0.05) is 43.9 Å². The molecule has 2 saturated heterocycles. The minimum absolute atomic E-state index is 0.379. The van der Waals surface area contributed by atoms with Gasteiger partial charge in [0.1, 0.15) is 36.2 Å². The van der Waals surface area contributed by atoms with Crippen LogP contribution < -0.4 is 15.1 Å². The molecule has 6 rings (SSSR count). The monoisotopic (exact) mass is 730 g/mol. The molecule has 14 heteroatoms. The Morgan fingerprint density at radius 3 is 2.40 bits per heavy atom. The van der Waals surface area contributed by atoms with Crippen LogP contribution in [0.15, 0.2) is 49.1 Å². The van der Waals surface area contributed by atoms with Crippen LogP contribution in [0, 0.1) is 0 Å². The molecule has 1 amide bonds. The summed E-state index contributed by atoms with van der Waals surface area (Å²) >= 11 is 0. The normalized spacial score (nSPS) is 19.2. The number of morpholine rings is 1. The first-order valence-electron chi connectivity index (χ1n) is 18.3. The van der Waals surface area contributed by atoms with E-state index in [0.29, 0.717) is 44.6 Å². The van der Waals surface area contributed by atoms with Crippen LogP contribution in [0.5, 0.6) is 0 Å². The summed E-state index contributed by atoms with van der Waals surface area (Å²) in [5.74, 6) is 1.46. The second kappa shape index (κ2) is 15.5. The first kappa shape index (κ1) is 37.6. The fourth-order valence-corrected chi connectivity index (χ4v) is 7.46. The Bertz CT molecular complexity index is 1820. The zero-order valence-electron chi connectivity index (χ0n) is 31.7. The van der Waals surface area contributed by atoms with Crippen molar-refractivity contribution in [1.82, 2.24) is 29.8 Å². The van der Waals surface area contributed by atoms with Crippen molar-refractivity contribution < 1.29 is 24.1 Å². The third kappa shape index (κ3) is 9.27. The molecule has 2 aliphatic heterocycles. The number of fused-ring (bicyclic) bond motifs is 1. The molecule has 2 fully saturated rings. The number of hydrogen-bond acceptors (Lipinski definition) is 11. The van der Waals surface area contributed by atoms with Crippen LogP contribution >= 0.6 is 0 Å². The smallest absolute Gasteiger partial charge is 0.408 e. The number of benzene rings is 1. The summed E-state index contributed by atoms with van der Waals surface area (Å²) in [6.45, 7) is 19.9. The number of piperidine rings is 1. The summed E-state index contributed by atoms with van der Waals surface area (Å²) in [6, 6.07) is 11.2. The number of ether oxygens (including phenoxy) is 3. The minimum Gasteiger partial charge on any atom is -0.444 e. The van der Waals surface area contributed by atoms with Crippen LogP contribution in [0.4, 0.5) is 16.6 Å². The van der Waals surface area contributed by atoms with E-state index in [1.807, 2.05) is 52.0 Å². The van der Waals surface area contributed by atoms with Gasteiger partial charge in [-0.05, 0) is 63.8 Å². The highest BCUT2D eigenvalue weighted by molar-refractivity contribution is 6.76. The lowest BCUT2D eigenvalue weighted by Crippen LogP contribution is -2.57. The van der Waals surface area contributed by atoms with Gasteiger partial charge in [-0.2, -0.15) is 0 Å². The van der Waals surface area contributed by atoms with Gasteiger partial charge in [-0.25, -0.2) is 24.7 Å². The van der Waals surface area contributed by atoms with Gasteiger partial charge in [-0.3, -0.25) is 0 Å². The van der Waals surface area contributed by atoms with E-state index in [0.717, 1.165) is 72.2 Å². The van der Waals surface area contributed by atoms with Crippen molar-refractivity contribution in [2.24, 2.45) is 0 Å². The number of carbonyl (C=O) groups excluding carboxylic acids is 1. The van der Waals surface area contributed by atoms with Gasteiger partial charge in [0, 0.05) is 58.8 Å². The van der Waals surface area contributed by atoms with E-state index < -0.39 is 31.4 Å². The van der Waals surface area contributed by atoms with Crippen LogP contribution in [0.2, 0.25) is 25.7 Å². The lowest BCUT2D eigenvalue weighted by atomic mass is 9.91. The van der Waals surface area contributed by atoms with Crippen molar-refractivity contribution in [3.05, 3.63) is 60.2 Å². The summed E-state index contributed by atoms with van der Waals surface area (Å²) in [5, 5.41) is 15.4. The molecule has 3 aromatic heterocycles. The minimum atomic E-state index is -1.25. The molecule has 0 spiro atoms. The maximum atomic E-state index is 12.5. The molecule has 52 heavy (non-hydrogen) atoms. The van der Waals surface area contributed by atoms with Crippen LogP contribution in [0.25, 0.3) is 22.3 Å². The number of anilines is 2. The molecule has 4 aromatic rings. The summed E-state index contributed by atoms with van der Waals surface area (Å²) in [4.78, 5) is 35.5. The highest BCUT2D eigenvalue weighted by atomic mass is 28.3. The first-order chi connectivity index (χ1) is 24.7. The Labute approximate surface area is 307 Å². The number of aromatic nitrogens is 5. The first-order valence-corrected chi connectivity index (χ1v) is 22.0. The molecular formula is C38H54N8O5Si. The van der Waals surface area contributed by atoms with Crippen molar-refractivity contribution in [2.75, 3.05) is 55.8 Å². The Morgan fingerprint density at radius 1 is 1.02 bits per heavy atom. The Balaban J connectivity index is 1.18. The highest BCUT2D eigenvalue weighted by Crippen LogP contribution is 2.34. The number of amides is 1. The number of aliphatic hydroxyl groups excluding tert-OH is 1. The molecule has 13 nitrogen and oxygen atoms in total. The summed E-state index contributed by atoms with van der Waals surface area (Å²) < 4.78 is 19.5. The van der Waals surface area contributed by atoms with Crippen LogP contribution in [0.1, 0.15) is 57.8 Å². The van der Waals surface area contributed by atoms with Gasteiger partial charge in [0.15, 0.2) is 0 Å². The third-order valence-electron chi connectivity index (χ3n) is 9.47. The topological polar surface area (TPSA) is 140 Å². The summed E-state index contributed by atoms with van der Waals surface area (Å²) in [6.07, 6.45) is 5.35. The van der Waals surface area contributed by atoms with Gasteiger partial charge in [0.25, 0.3) is 0 Å². The van der Waals surface area contributed by atoms with E-state index in [4.69, 9.17) is 19.2 Å². The Kier molecular flexibility index (Phi) is 11.2. The van der Waals surface area contributed by atoms with Crippen molar-refractivity contribution in [3.63, 3.8) is 0 Å². The SMILES string of the molecule is CC(C)(C)OC(=O)N[C@]1(C)CCCN(c2ncc(C(O)c3ccc(-c4cc5c(N6CCOCC6)ncnc5n4COCC[Si](C)(C)C)cc3)cn2)C1. The van der Waals surface area contributed by atoms with Gasteiger partial charge in [0.2, 0.25) is 5.95 Å². The second-order valence-electron chi connectivity index (χ2n) is 16.4. The lowest BCUT2D eigenvalue weighted by molar-refractivity contribution is 0.0454. The average Bonchev–Trinajstić information content (AvgIpc) is 3.47. The van der Waals surface area contributed by atoms with Crippen LogP contribution in [-0.2, 0) is 20.9 Å². The van der Waals surface area contributed by atoms with Gasteiger partial charge < -0.3 is 39.0 Å². The molecule has 0 saturated carbocycles. The predicted molar refractivity (Wildman–Crippen MR) is 205 cm³/mol. The maximum Gasteiger partial charge on any atom is 0.408 e. The molecule has 0 radical (unpaired) electrons. The molecule has 0 aliphatic carbocycles. The molecular weight excluding hydrogens is 677 g/mol. The highest BCUT2D eigenvalue weighted by Gasteiger charge is 2.35. The second-order valence-corrected chi connectivity index (χ2v) is 22.0. The van der Waals surface area contributed by atoms with Crippen molar-refractivity contribution in [3.8, 4) is 11.3 Å². The molecule has 1 unspecified atom stereocenters. The Morgan fingerprint density at radius 2 is 1.73 bits per heavy atom. The standard InChI is InChI=1S/C38H54N8O5Si/c1-37(2,3)51-36(48)43-38(4)13-8-14-45(24-38)35-39-22-29(23-40-35)32(47)28-11-9-27(10-12-28)31-21-30-33(44-15-17-49-18-16-44)41-25-42-34(30)46(31)26-50-19-20-52(5,6)7/h9-12,21-23,25,32,47H,8,13-20,24,26H2,1-7H3,(H,43,48)/t32?,38-/m1/s1. The number of nitrogens with zero attached hydrogens (tertiary/aromatic N) is 7. The van der Waals surface area contributed by atoms with Crippen molar-refractivity contribution in [2.45, 2.75) is 90.2 Å². The van der Waals surface area contributed by atoms with E-state index in [-0.39, 0.29) is 0 Å². The maximum absolute atomic E-state index is 12.5. The third-order valence-corrected chi connectivity index (χ3v) is 11.2. The Hall–Kier alpha value is -4.11. The number of nitrogens with one attached hydrogen (secondary N) is 1. The predicted octanol–water partition coefficient (Wildman–Crippen LogP) is 6.00. The molecule has 2 N–H and O–H groups in total. The van der Waals surface area contributed by atoms with E-state index in [9.17, 15) is 9.90 Å². The number of hydrogen-bond donors (Lipinski definition) is 2. The fraction of sp³-hybridized carbons (Fsp3) is 0.553. The molecule has 280 valence electrons. The molecule has 0 bridgehead atoms. The quantitative estimate of drug-likeness (QED) is 0.139. The number of carbonyl (C=O) groups is 1. The van der Waals surface area contributed by atoms with Gasteiger partial charge in [0.05, 0.1) is 29.8 Å². The number of alkyl carbamates (subject to hydrolysis) is 1. The van der Waals surface area contributed by atoms with E-state index in [2.05, 4.69) is 60.3 Å². The number of rotatable bonds is 11. The van der Waals surface area contributed by atoms with Gasteiger partial charge >= 0.3 is 6.09 Å². The molecule has 2 atom stereocenters. The van der Waals surface area contributed by atoms with E-state index in [1.54, 1.807) is 18.7 Å². The van der Waals surface area contributed by atoms with Crippen molar-refractivity contribution in [1.29, 1.82) is 0 Å². The van der Waals surface area contributed by atoms with Gasteiger partial charge in [-0.15, -0.1) is 0 Å². The van der Waals surface area contributed by atoms with E-state index >= 15 is 0 Å². The van der Waals surface area contributed by atoms with Crippen LogP contribution in [0.3, 0.4) is 0 Å². The molecule has 2 aliphatic rings. The molecule has 1 aromatic carbocycles. The van der Waals surface area contributed by atoms with Crippen LogP contribution in [-0.4, -0.2) is 101 Å². The number of aliphatic hydroxyl groups is 1.